The Balaban J connectivity index is 2.26. The van der Waals surface area contributed by atoms with E-state index >= 15 is 0 Å². The lowest BCUT2D eigenvalue weighted by atomic mass is 10.1. The van der Waals surface area contributed by atoms with Crippen molar-refractivity contribution >= 4 is 12.2 Å². The summed E-state index contributed by atoms with van der Waals surface area (Å²) in [6.07, 6.45) is -2.34. The van der Waals surface area contributed by atoms with Crippen LogP contribution in [-0.4, -0.2) is 41.1 Å². The summed E-state index contributed by atoms with van der Waals surface area (Å²) in [5.74, 6) is -0.404. The maximum absolute atomic E-state index is 12.9. The Bertz CT molecular complexity index is 548. The number of ether oxygens (including phenoxy) is 1. The van der Waals surface area contributed by atoms with Gasteiger partial charge in [0, 0.05) is 0 Å². The van der Waals surface area contributed by atoms with E-state index in [0.717, 1.165) is 12.1 Å². The Hall–Kier alpha value is -2.71. The number of carbonyl (C=O) groups excluding carboxylic acids is 1. The molecule has 0 saturated heterocycles. The molecule has 0 radical (unpaired) electrons. The second-order valence-corrected chi connectivity index (χ2v) is 3.90. The first-order valence-corrected chi connectivity index (χ1v) is 5.57. The number of carbonyl (C=O) groups is 2. The summed E-state index contributed by atoms with van der Waals surface area (Å²) in [7, 11) is 1.13. The standard InChI is InChI=1S/C11H11FN4O4/c1-20-11(19)15-6-9(13-14-16(15)10(17)18)7-2-4-8(12)5-3-7/h2-5,9H,6H2,1H3,(H,17,18). The highest BCUT2D eigenvalue weighted by molar-refractivity contribution is 5.72. The van der Waals surface area contributed by atoms with Crippen molar-refractivity contribution in [1.82, 2.24) is 10.1 Å². The van der Waals surface area contributed by atoms with Crippen molar-refractivity contribution in [3.63, 3.8) is 0 Å². The molecule has 8 nitrogen and oxygen atoms in total. The molecule has 9 heteroatoms. The van der Waals surface area contributed by atoms with Gasteiger partial charge in [0.1, 0.15) is 11.9 Å². The first-order chi connectivity index (χ1) is 9.52. The minimum absolute atomic E-state index is 0.0753. The average Bonchev–Trinajstić information content (AvgIpc) is 2.46. The minimum atomic E-state index is -1.46. The van der Waals surface area contributed by atoms with E-state index in [-0.39, 0.29) is 6.54 Å². The fraction of sp³-hybridized carbons (Fsp3) is 0.273. The van der Waals surface area contributed by atoms with Gasteiger partial charge in [0.2, 0.25) is 0 Å². The lowest BCUT2D eigenvalue weighted by Gasteiger charge is -2.31. The molecule has 2 amide bonds. The molecule has 20 heavy (non-hydrogen) atoms. The zero-order valence-electron chi connectivity index (χ0n) is 10.4. The summed E-state index contributed by atoms with van der Waals surface area (Å²) in [4.78, 5) is 22.5. The van der Waals surface area contributed by atoms with Gasteiger partial charge in [0.15, 0.2) is 0 Å². The third-order valence-electron chi connectivity index (χ3n) is 2.66. The van der Waals surface area contributed by atoms with Gasteiger partial charge < -0.3 is 9.84 Å². The summed E-state index contributed by atoms with van der Waals surface area (Å²) in [5.41, 5.74) is 0.606. The maximum atomic E-state index is 12.9. The Kier molecular flexibility index (Phi) is 3.78. The summed E-state index contributed by atoms with van der Waals surface area (Å²) in [6, 6.07) is 4.88. The summed E-state index contributed by atoms with van der Waals surface area (Å²) in [5, 5.41) is 17.4. The predicted octanol–water partition coefficient (Wildman–Crippen LogP) is 2.21. The maximum Gasteiger partial charge on any atom is 0.449 e. The molecule has 0 fully saturated rings. The predicted molar refractivity (Wildman–Crippen MR) is 63.0 cm³/mol. The lowest BCUT2D eigenvalue weighted by Crippen LogP contribution is -2.49. The van der Waals surface area contributed by atoms with Crippen LogP contribution in [0.1, 0.15) is 11.6 Å². The van der Waals surface area contributed by atoms with Crippen LogP contribution in [-0.2, 0) is 4.74 Å². The number of methoxy groups -OCH3 is 1. The van der Waals surface area contributed by atoms with Crippen molar-refractivity contribution in [3.8, 4) is 0 Å². The Morgan fingerprint density at radius 3 is 2.60 bits per heavy atom. The summed E-state index contributed by atoms with van der Waals surface area (Å²) in [6.45, 7) is -0.0753. The number of nitrogens with zero attached hydrogens (tertiary/aromatic N) is 4. The number of hydrogen-bond donors (Lipinski definition) is 1. The molecule has 0 bridgehead atoms. The molecular weight excluding hydrogens is 271 g/mol. The molecule has 0 aliphatic carbocycles. The number of benzene rings is 1. The molecule has 1 unspecified atom stereocenters. The summed E-state index contributed by atoms with van der Waals surface area (Å²) < 4.78 is 17.4. The molecule has 0 spiro atoms. The van der Waals surface area contributed by atoms with E-state index in [2.05, 4.69) is 15.1 Å². The van der Waals surface area contributed by atoms with Gasteiger partial charge in [-0.15, -0.1) is 0 Å². The quantitative estimate of drug-likeness (QED) is 0.854. The first-order valence-electron chi connectivity index (χ1n) is 5.57. The molecule has 106 valence electrons. The van der Waals surface area contributed by atoms with Crippen LogP contribution in [0, 0.1) is 5.82 Å². The molecule has 1 N–H and O–H groups in total. The van der Waals surface area contributed by atoms with Gasteiger partial charge in [-0.3, -0.25) is 0 Å². The zero-order valence-corrected chi connectivity index (χ0v) is 10.4. The highest BCUT2D eigenvalue weighted by atomic mass is 19.1. The van der Waals surface area contributed by atoms with Crippen LogP contribution in [0.5, 0.6) is 0 Å². The van der Waals surface area contributed by atoms with Gasteiger partial charge in [-0.25, -0.2) is 14.0 Å². The van der Waals surface area contributed by atoms with Crippen molar-refractivity contribution < 1.29 is 23.8 Å². The van der Waals surface area contributed by atoms with Crippen molar-refractivity contribution in [2.75, 3.05) is 13.7 Å². The topological polar surface area (TPSA) is 94.8 Å². The van der Waals surface area contributed by atoms with Gasteiger partial charge in [0.25, 0.3) is 0 Å². The van der Waals surface area contributed by atoms with E-state index in [9.17, 15) is 14.0 Å². The normalized spacial score (nSPS) is 18.0. The number of hydrogen-bond acceptors (Lipinski definition) is 5. The third-order valence-corrected chi connectivity index (χ3v) is 2.66. The van der Waals surface area contributed by atoms with Crippen molar-refractivity contribution in [2.45, 2.75) is 6.04 Å². The minimum Gasteiger partial charge on any atom is -0.462 e. The zero-order chi connectivity index (χ0) is 14.7. The van der Waals surface area contributed by atoms with Crippen molar-refractivity contribution in [1.29, 1.82) is 0 Å². The molecular formula is C11H11FN4O4. The molecule has 0 saturated carbocycles. The molecule has 1 aromatic carbocycles. The molecule has 1 aliphatic heterocycles. The van der Waals surface area contributed by atoms with Crippen LogP contribution in [0.3, 0.4) is 0 Å². The number of rotatable bonds is 1. The molecule has 0 aromatic heterocycles. The van der Waals surface area contributed by atoms with Gasteiger partial charge in [0.05, 0.1) is 13.7 Å². The molecule has 1 aromatic rings. The Morgan fingerprint density at radius 2 is 2.05 bits per heavy atom. The van der Waals surface area contributed by atoms with Crippen LogP contribution in [0.4, 0.5) is 14.0 Å². The molecule has 1 atom stereocenters. The number of amides is 2. The fourth-order valence-corrected chi connectivity index (χ4v) is 1.69. The fourth-order valence-electron chi connectivity index (χ4n) is 1.69. The summed E-state index contributed by atoms with van der Waals surface area (Å²) >= 11 is 0. The van der Waals surface area contributed by atoms with Crippen LogP contribution in [0.15, 0.2) is 34.6 Å². The lowest BCUT2D eigenvalue weighted by molar-refractivity contribution is -0.0280. The average molecular weight is 282 g/mol. The second-order valence-electron chi connectivity index (χ2n) is 3.90. The van der Waals surface area contributed by atoms with Crippen LogP contribution < -0.4 is 0 Å². The van der Waals surface area contributed by atoms with E-state index in [1.165, 1.54) is 24.3 Å². The van der Waals surface area contributed by atoms with Gasteiger partial charge in [-0.2, -0.15) is 10.1 Å². The van der Waals surface area contributed by atoms with E-state index < -0.39 is 24.0 Å². The van der Waals surface area contributed by atoms with Crippen LogP contribution in [0.25, 0.3) is 0 Å². The monoisotopic (exact) mass is 282 g/mol. The SMILES string of the molecule is COC(=O)N1CC(c2ccc(F)cc2)N=NN1C(=O)O. The second kappa shape index (κ2) is 5.51. The highest BCUT2D eigenvalue weighted by Crippen LogP contribution is 2.25. The number of halogens is 1. The molecule has 1 aliphatic rings. The first kappa shape index (κ1) is 13.7. The van der Waals surface area contributed by atoms with E-state index in [1.807, 2.05) is 0 Å². The molecule has 1 heterocycles. The van der Waals surface area contributed by atoms with Crippen molar-refractivity contribution in [3.05, 3.63) is 35.6 Å². The number of carboxylic acid groups (broad SMARTS) is 1. The Labute approximate surface area is 113 Å². The van der Waals surface area contributed by atoms with Crippen LogP contribution in [0.2, 0.25) is 0 Å². The van der Waals surface area contributed by atoms with Gasteiger partial charge in [-0.05, 0) is 22.9 Å². The van der Waals surface area contributed by atoms with E-state index in [4.69, 9.17) is 5.11 Å². The van der Waals surface area contributed by atoms with Gasteiger partial charge in [-0.1, -0.05) is 17.3 Å². The van der Waals surface area contributed by atoms with Crippen LogP contribution >= 0.6 is 0 Å². The number of hydrazine groups is 1. The third kappa shape index (κ3) is 2.66. The largest absolute Gasteiger partial charge is 0.462 e. The van der Waals surface area contributed by atoms with E-state index in [1.54, 1.807) is 0 Å². The highest BCUT2D eigenvalue weighted by Gasteiger charge is 2.34. The van der Waals surface area contributed by atoms with Crippen molar-refractivity contribution in [2.24, 2.45) is 10.3 Å². The molecule has 2 rings (SSSR count). The smallest absolute Gasteiger partial charge is 0.449 e. The van der Waals surface area contributed by atoms with E-state index in [0.29, 0.717) is 10.7 Å². The Morgan fingerprint density at radius 1 is 1.40 bits per heavy atom. The van der Waals surface area contributed by atoms with Gasteiger partial charge >= 0.3 is 12.2 Å².